The number of hydrogen-bond acceptors (Lipinski definition) is 5. The summed E-state index contributed by atoms with van der Waals surface area (Å²) in [6, 6.07) is 10.6. The molecule has 1 atom stereocenters. The Hall–Kier alpha value is -2.47. The molecule has 1 aliphatic rings. The number of benzene rings is 1. The number of hydrogen-bond donors (Lipinski definition) is 0. The molecular weight excluding hydrogens is 302 g/mol. The largest absolute Gasteiger partial charge is 0.338 e. The Morgan fingerprint density at radius 1 is 1.29 bits per heavy atom. The van der Waals surface area contributed by atoms with Gasteiger partial charge < -0.3 is 4.52 Å². The van der Waals surface area contributed by atoms with Gasteiger partial charge in [-0.1, -0.05) is 28.9 Å². The molecule has 1 aromatic carbocycles. The molecule has 0 amide bonds. The van der Waals surface area contributed by atoms with Gasteiger partial charge in [0.15, 0.2) is 0 Å². The van der Waals surface area contributed by atoms with E-state index >= 15 is 0 Å². The molecule has 3 heterocycles. The molecule has 3 aromatic rings. The fourth-order valence-electron chi connectivity index (χ4n) is 3.33. The van der Waals surface area contributed by atoms with Crippen molar-refractivity contribution in [2.45, 2.75) is 38.9 Å². The first kappa shape index (κ1) is 15.1. The highest BCUT2D eigenvalue weighted by atomic mass is 16.5. The molecule has 0 saturated carbocycles. The second-order valence-corrected chi connectivity index (χ2v) is 6.38. The van der Waals surface area contributed by atoms with Gasteiger partial charge in [0.1, 0.15) is 0 Å². The Kier molecular flexibility index (Phi) is 4.13. The monoisotopic (exact) mass is 323 g/mol. The molecule has 0 unspecified atom stereocenters. The number of likely N-dealkylation sites (tertiary alicyclic amines) is 1. The summed E-state index contributed by atoms with van der Waals surface area (Å²) in [7, 11) is 0. The fourth-order valence-corrected chi connectivity index (χ4v) is 3.33. The van der Waals surface area contributed by atoms with Gasteiger partial charge in [0.2, 0.25) is 11.7 Å². The van der Waals surface area contributed by atoms with Crippen LogP contribution in [-0.4, -0.2) is 37.4 Å². The minimum atomic E-state index is 0.471. The van der Waals surface area contributed by atoms with E-state index in [1.165, 1.54) is 18.4 Å². The first-order valence-corrected chi connectivity index (χ1v) is 8.39. The molecule has 0 aliphatic carbocycles. The average molecular weight is 323 g/mol. The van der Waals surface area contributed by atoms with Gasteiger partial charge in [-0.15, -0.1) is 0 Å². The second kappa shape index (κ2) is 6.57. The Bertz CT molecular complexity index is 795. The van der Waals surface area contributed by atoms with Crippen molar-refractivity contribution in [2.24, 2.45) is 0 Å². The highest BCUT2D eigenvalue weighted by molar-refractivity contribution is 5.55. The lowest BCUT2D eigenvalue weighted by Crippen LogP contribution is -2.32. The molecule has 1 fully saturated rings. The summed E-state index contributed by atoms with van der Waals surface area (Å²) >= 11 is 0. The third-order valence-electron chi connectivity index (χ3n) is 4.54. The molecule has 124 valence electrons. The molecular formula is C18H21N5O. The normalized spacial score (nSPS) is 18.3. The Morgan fingerprint density at radius 3 is 3.08 bits per heavy atom. The predicted octanol–water partition coefficient (Wildman–Crippen LogP) is 2.91. The molecule has 4 rings (SSSR count). The second-order valence-electron chi connectivity index (χ2n) is 6.38. The van der Waals surface area contributed by atoms with E-state index in [2.05, 4.69) is 39.2 Å². The summed E-state index contributed by atoms with van der Waals surface area (Å²) in [5.74, 6) is 1.34. The maximum atomic E-state index is 5.48. The van der Waals surface area contributed by atoms with Crippen LogP contribution >= 0.6 is 0 Å². The zero-order valence-electron chi connectivity index (χ0n) is 13.8. The van der Waals surface area contributed by atoms with Crippen molar-refractivity contribution < 1.29 is 4.52 Å². The van der Waals surface area contributed by atoms with E-state index in [0.29, 0.717) is 24.3 Å². The number of aromatic nitrogens is 4. The molecule has 1 aliphatic heterocycles. The van der Waals surface area contributed by atoms with Gasteiger partial charge in [-0.3, -0.25) is 9.58 Å². The Balaban J connectivity index is 1.45. The van der Waals surface area contributed by atoms with E-state index < -0.39 is 0 Å². The van der Waals surface area contributed by atoms with E-state index in [9.17, 15) is 0 Å². The highest BCUT2D eigenvalue weighted by Crippen LogP contribution is 2.22. The maximum Gasteiger partial charge on any atom is 0.241 e. The van der Waals surface area contributed by atoms with Crippen molar-refractivity contribution in [1.82, 2.24) is 24.8 Å². The van der Waals surface area contributed by atoms with Crippen LogP contribution in [0.25, 0.3) is 11.4 Å². The quantitative estimate of drug-likeness (QED) is 0.722. The molecule has 1 saturated heterocycles. The molecule has 2 aromatic heterocycles. The smallest absolute Gasteiger partial charge is 0.241 e. The highest BCUT2D eigenvalue weighted by Gasteiger charge is 2.26. The van der Waals surface area contributed by atoms with Gasteiger partial charge in [-0.2, -0.15) is 10.1 Å². The minimum absolute atomic E-state index is 0.471. The third kappa shape index (κ3) is 3.23. The number of nitrogens with zero attached hydrogens (tertiary/aromatic N) is 5. The average Bonchev–Trinajstić information content (AvgIpc) is 3.32. The predicted molar refractivity (Wildman–Crippen MR) is 90.1 cm³/mol. The molecule has 6 nitrogen and oxygen atoms in total. The van der Waals surface area contributed by atoms with Gasteiger partial charge in [-0.05, 0) is 38.4 Å². The Morgan fingerprint density at radius 2 is 2.25 bits per heavy atom. The van der Waals surface area contributed by atoms with Crippen LogP contribution in [-0.2, 0) is 13.1 Å². The molecule has 0 radical (unpaired) electrons. The van der Waals surface area contributed by atoms with E-state index in [-0.39, 0.29) is 0 Å². The van der Waals surface area contributed by atoms with Crippen molar-refractivity contribution in [3.8, 4) is 11.4 Å². The van der Waals surface area contributed by atoms with Gasteiger partial charge in [-0.25, -0.2) is 0 Å². The molecule has 0 N–H and O–H groups in total. The minimum Gasteiger partial charge on any atom is -0.338 e. The molecule has 0 bridgehead atoms. The molecule has 6 heteroatoms. The van der Waals surface area contributed by atoms with Crippen molar-refractivity contribution >= 4 is 0 Å². The van der Waals surface area contributed by atoms with E-state index in [1.807, 2.05) is 35.3 Å². The van der Waals surface area contributed by atoms with Crippen LogP contribution in [0.3, 0.4) is 0 Å². The Labute approximate surface area is 141 Å². The van der Waals surface area contributed by atoms with Crippen LogP contribution < -0.4 is 0 Å². The van der Waals surface area contributed by atoms with Crippen molar-refractivity contribution in [3.63, 3.8) is 0 Å². The lowest BCUT2D eigenvalue weighted by molar-refractivity contribution is 0.192. The van der Waals surface area contributed by atoms with Gasteiger partial charge in [0.25, 0.3) is 0 Å². The number of aryl methyl sites for hydroxylation is 1. The van der Waals surface area contributed by atoms with Crippen LogP contribution in [0.1, 0.15) is 24.3 Å². The van der Waals surface area contributed by atoms with E-state index in [1.54, 1.807) is 0 Å². The van der Waals surface area contributed by atoms with Crippen LogP contribution in [0.5, 0.6) is 0 Å². The summed E-state index contributed by atoms with van der Waals surface area (Å²) in [4.78, 5) is 6.99. The first-order chi connectivity index (χ1) is 11.8. The summed E-state index contributed by atoms with van der Waals surface area (Å²) in [5, 5.41) is 8.45. The summed E-state index contributed by atoms with van der Waals surface area (Å²) in [6.45, 7) is 4.74. The standard InChI is InChI=1S/C18H21N5O/c1-14-5-2-6-15(11-14)18-20-17(24-21-18)13-22-9-3-7-16(22)12-23-10-4-8-19-23/h2,4-6,8,10-11,16H,3,7,9,12-13H2,1H3/t16-/m0/s1. The lowest BCUT2D eigenvalue weighted by atomic mass is 10.1. The van der Waals surface area contributed by atoms with E-state index in [0.717, 1.165) is 18.7 Å². The van der Waals surface area contributed by atoms with Gasteiger partial charge in [0.05, 0.1) is 13.1 Å². The SMILES string of the molecule is Cc1cccc(-c2noc(CN3CCC[C@H]3Cn3cccn3)n2)c1. The van der Waals surface area contributed by atoms with Crippen molar-refractivity contribution in [3.05, 3.63) is 54.2 Å². The van der Waals surface area contributed by atoms with Gasteiger partial charge >= 0.3 is 0 Å². The zero-order chi connectivity index (χ0) is 16.4. The van der Waals surface area contributed by atoms with E-state index in [4.69, 9.17) is 4.52 Å². The van der Waals surface area contributed by atoms with Crippen molar-refractivity contribution in [1.29, 1.82) is 0 Å². The van der Waals surface area contributed by atoms with Crippen LogP contribution in [0.2, 0.25) is 0 Å². The first-order valence-electron chi connectivity index (χ1n) is 8.39. The molecule has 0 spiro atoms. The third-order valence-corrected chi connectivity index (χ3v) is 4.54. The topological polar surface area (TPSA) is 60.0 Å². The van der Waals surface area contributed by atoms with Gasteiger partial charge in [0, 0.05) is 24.0 Å². The summed E-state index contributed by atoms with van der Waals surface area (Å²) < 4.78 is 7.47. The zero-order valence-corrected chi connectivity index (χ0v) is 13.8. The van der Waals surface area contributed by atoms with Crippen molar-refractivity contribution in [2.75, 3.05) is 6.54 Å². The number of rotatable bonds is 5. The lowest BCUT2D eigenvalue weighted by Gasteiger charge is -2.22. The fraction of sp³-hybridized carbons (Fsp3) is 0.389. The summed E-state index contributed by atoms with van der Waals surface area (Å²) in [5.41, 5.74) is 2.19. The summed E-state index contributed by atoms with van der Waals surface area (Å²) in [6.07, 6.45) is 6.22. The van der Waals surface area contributed by atoms with Crippen LogP contribution in [0.15, 0.2) is 47.2 Å². The van der Waals surface area contributed by atoms with Crippen LogP contribution in [0, 0.1) is 6.92 Å². The maximum absolute atomic E-state index is 5.48. The van der Waals surface area contributed by atoms with Crippen LogP contribution in [0.4, 0.5) is 0 Å². The molecule has 24 heavy (non-hydrogen) atoms.